The number of benzene rings is 1. The first-order chi connectivity index (χ1) is 11.1. The molecule has 1 aliphatic heterocycles. The minimum atomic E-state index is -0.109. The molecule has 128 valence electrons. The molecule has 1 heterocycles. The topological polar surface area (TPSA) is 57.2 Å². The van der Waals surface area contributed by atoms with Crippen LogP contribution >= 0.6 is 0 Å². The molecule has 0 aliphatic carbocycles. The zero-order valence-electron chi connectivity index (χ0n) is 14.3. The van der Waals surface area contributed by atoms with Crippen molar-refractivity contribution in [1.29, 1.82) is 0 Å². The number of rotatable bonds is 7. The predicted octanol–water partition coefficient (Wildman–Crippen LogP) is 1.75. The quantitative estimate of drug-likeness (QED) is 0.713. The lowest BCUT2D eigenvalue weighted by atomic mass is 10.1. The second kappa shape index (κ2) is 8.06. The van der Waals surface area contributed by atoms with E-state index >= 15 is 0 Å². The minimum absolute atomic E-state index is 0.0000559. The monoisotopic (exact) mass is 323 g/mol. The van der Waals surface area contributed by atoms with Crippen LogP contribution in [0.3, 0.4) is 0 Å². The summed E-state index contributed by atoms with van der Waals surface area (Å²) in [6.07, 6.45) is 1.48. The van der Waals surface area contributed by atoms with Gasteiger partial charge in [-0.3, -0.25) is 4.79 Å². The Kier molecular flexibility index (Phi) is 6.10. The third-order valence-electron chi connectivity index (χ3n) is 4.08. The third kappa shape index (κ3) is 4.28. The van der Waals surface area contributed by atoms with Crippen molar-refractivity contribution in [2.45, 2.75) is 12.8 Å². The average molecular weight is 323 g/mol. The Morgan fingerprint density at radius 2 is 1.83 bits per heavy atom. The summed E-state index contributed by atoms with van der Waals surface area (Å²) >= 11 is 0. The molecular weight excluding hydrogens is 298 g/mol. The van der Waals surface area contributed by atoms with Gasteiger partial charge in [-0.25, -0.2) is 0 Å². The summed E-state index contributed by atoms with van der Waals surface area (Å²) in [5.41, 5.74) is 0.968. The first-order valence-electron chi connectivity index (χ1n) is 7.73. The van der Waals surface area contributed by atoms with E-state index in [1.54, 1.807) is 21.3 Å². The van der Waals surface area contributed by atoms with Crippen molar-refractivity contribution in [3.63, 3.8) is 0 Å². The van der Waals surface area contributed by atoms with Crippen LogP contribution in [-0.2, 0) is 16.0 Å². The Balaban J connectivity index is 1.94. The standard InChI is InChI=1S/C17H25NO5/c1-18-7-5-13(11-18)17(19)23-8-6-12-9-14(20-2)16(22-4)15(10-12)21-3/h9-10,13H,5-8,11H2,1-4H3. The molecule has 0 bridgehead atoms. The molecule has 1 fully saturated rings. The first kappa shape index (κ1) is 17.4. The lowest BCUT2D eigenvalue weighted by Gasteiger charge is -2.14. The Bertz CT molecular complexity index is 521. The Morgan fingerprint density at radius 3 is 2.30 bits per heavy atom. The first-order valence-corrected chi connectivity index (χ1v) is 7.73. The van der Waals surface area contributed by atoms with Crippen LogP contribution in [0.1, 0.15) is 12.0 Å². The molecule has 6 nitrogen and oxygen atoms in total. The van der Waals surface area contributed by atoms with Crippen LogP contribution in [0.15, 0.2) is 12.1 Å². The molecule has 1 unspecified atom stereocenters. The summed E-state index contributed by atoms with van der Waals surface area (Å²) < 4.78 is 21.3. The minimum Gasteiger partial charge on any atom is -0.493 e. The van der Waals surface area contributed by atoms with Crippen molar-refractivity contribution in [2.24, 2.45) is 5.92 Å². The molecule has 0 spiro atoms. The highest BCUT2D eigenvalue weighted by Gasteiger charge is 2.27. The third-order valence-corrected chi connectivity index (χ3v) is 4.08. The molecule has 0 saturated carbocycles. The zero-order valence-corrected chi connectivity index (χ0v) is 14.3. The summed E-state index contributed by atoms with van der Waals surface area (Å²) in [6, 6.07) is 3.75. The fourth-order valence-corrected chi connectivity index (χ4v) is 2.79. The highest BCUT2D eigenvalue weighted by Crippen LogP contribution is 2.38. The fraction of sp³-hybridized carbons (Fsp3) is 0.588. The van der Waals surface area contributed by atoms with E-state index in [2.05, 4.69) is 4.90 Å². The van der Waals surface area contributed by atoms with Gasteiger partial charge in [0.05, 0.1) is 33.9 Å². The van der Waals surface area contributed by atoms with Gasteiger partial charge >= 0.3 is 5.97 Å². The van der Waals surface area contributed by atoms with E-state index in [9.17, 15) is 4.79 Å². The molecular formula is C17H25NO5. The predicted molar refractivity (Wildman–Crippen MR) is 86.4 cm³/mol. The second-order valence-corrected chi connectivity index (χ2v) is 5.70. The van der Waals surface area contributed by atoms with E-state index in [1.807, 2.05) is 19.2 Å². The summed E-state index contributed by atoms with van der Waals surface area (Å²) in [6.45, 7) is 2.08. The number of likely N-dealkylation sites (tertiary alicyclic amines) is 1. The van der Waals surface area contributed by atoms with Gasteiger partial charge in [0.2, 0.25) is 5.75 Å². The number of carbonyl (C=O) groups is 1. The van der Waals surface area contributed by atoms with Crippen molar-refractivity contribution < 1.29 is 23.7 Å². The largest absolute Gasteiger partial charge is 0.493 e. The van der Waals surface area contributed by atoms with Crippen molar-refractivity contribution in [1.82, 2.24) is 4.90 Å². The van der Waals surface area contributed by atoms with E-state index in [0.29, 0.717) is 30.3 Å². The molecule has 0 amide bonds. The number of nitrogens with zero attached hydrogens (tertiary/aromatic N) is 1. The maximum atomic E-state index is 12.0. The van der Waals surface area contributed by atoms with Crippen molar-refractivity contribution in [2.75, 3.05) is 48.1 Å². The molecule has 0 N–H and O–H groups in total. The van der Waals surface area contributed by atoms with Gasteiger partial charge in [-0.2, -0.15) is 0 Å². The van der Waals surface area contributed by atoms with E-state index in [0.717, 1.165) is 25.1 Å². The SMILES string of the molecule is COc1cc(CCOC(=O)C2CCN(C)C2)cc(OC)c1OC. The number of carbonyl (C=O) groups excluding carboxylic acids is 1. The Labute approximate surface area is 137 Å². The van der Waals surface area contributed by atoms with Crippen LogP contribution in [0.5, 0.6) is 17.2 Å². The van der Waals surface area contributed by atoms with Crippen molar-refractivity contribution >= 4 is 5.97 Å². The molecule has 0 aromatic heterocycles. The van der Waals surface area contributed by atoms with Gasteiger partial charge in [0.1, 0.15) is 0 Å². The highest BCUT2D eigenvalue weighted by molar-refractivity contribution is 5.73. The lowest BCUT2D eigenvalue weighted by Crippen LogP contribution is -2.22. The van der Waals surface area contributed by atoms with Gasteiger partial charge in [-0.15, -0.1) is 0 Å². The molecule has 1 saturated heterocycles. The smallest absolute Gasteiger partial charge is 0.310 e. The Morgan fingerprint density at radius 1 is 1.17 bits per heavy atom. The molecule has 1 aromatic rings. The molecule has 6 heteroatoms. The van der Waals surface area contributed by atoms with Crippen LogP contribution in [0.4, 0.5) is 0 Å². The normalized spacial score (nSPS) is 17.8. The van der Waals surface area contributed by atoms with Gasteiger partial charge in [-0.05, 0) is 37.7 Å². The maximum Gasteiger partial charge on any atom is 0.310 e. The van der Waals surface area contributed by atoms with E-state index in [-0.39, 0.29) is 11.9 Å². The van der Waals surface area contributed by atoms with Crippen LogP contribution in [0, 0.1) is 5.92 Å². The van der Waals surface area contributed by atoms with Gasteiger partial charge in [0.25, 0.3) is 0 Å². The van der Waals surface area contributed by atoms with Gasteiger partial charge < -0.3 is 23.8 Å². The van der Waals surface area contributed by atoms with Gasteiger partial charge in [0, 0.05) is 13.0 Å². The maximum absolute atomic E-state index is 12.0. The van der Waals surface area contributed by atoms with E-state index < -0.39 is 0 Å². The second-order valence-electron chi connectivity index (χ2n) is 5.70. The zero-order chi connectivity index (χ0) is 16.8. The molecule has 1 atom stereocenters. The summed E-state index contributed by atoms with van der Waals surface area (Å²) in [4.78, 5) is 14.2. The van der Waals surface area contributed by atoms with E-state index in [4.69, 9.17) is 18.9 Å². The van der Waals surface area contributed by atoms with Crippen molar-refractivity contribution in [3.8, 4) is 17.2 Å². The molecule has 1 aromatic carbocycles. The Hall–Kier alpha value is -1.95. The average Bonchev–Trinajstić information content (AvgIpc) is 3.00. The molecule has 2 rings (SSSR count). The number of hydrogen-bond donors (Lipinski definition) is 0. The van der Waals surface area contributed by atoms with Crippen molar-refractivity contribution in [3.05, 3.63) is 17.7 Å². The van der Waals surface area contributed by atoms with Gasteiger partial charge in [-0.1, -0.05) is 0 Å². The van der Waals surface area contributed by atoms with Crippen LogP contribution < -0.4 is 14.2 Å². The number of methoxy groups -OCH3 is 3. The number of esters is 1. The fourth-order valence-electron chi connectivity index (χ4n) is 2.79. The van der Waals surface area contributed by atoms with E-state index in [1.165, 1.54) is 0 Å². The van der Waals surface area contributed by atoms with Crippen LogP contribution in [0.2, 0.25) is 0 Å². The van der Waals surface area contributed by atoms with Gasteiger partial charge in [0.15, 0.2) is 11.5 Å². The molecule has 0 radical (unpaired) electrons. The highest BCUT2D eigenvalue weighted by atomic mass is 16.5. The summed E-state index contributed by atoms with van der Waals surface area (Å²) in [5, 5.41) is 0. The number of hydrogen-bond acceptors (Lipinski definition) is 6. The summed E-state index contributed by atoms with van der Waals surface area (Å²) in [5.74, 6) is 1.66. The van der Waals surface area contributed by atoms with Crippen LogP contribution in [0.25, 0.3) is 0 Å². The molecule has 1 aliphatic rings. The summed E-state index contributed by atoms with van der Waals surface area (Å²) in [7, 11) is 6.75. The molecule has 23 heavy (non-hydrogen) atoms. The number of ether oxygens (including phenoxy) is 4. The van der Waals surface area contributed by atoms with Crippen LogP contribution in [-0.4, -0.2) is 58.9 Å². The lowest BCUT2D eigenvalue weighted by molar-refractivity contribution is -0.147.